The monoisotopic (exact) mass is 260 g/mol. The lowest BCUT2D eigenvalue weighted by Crippen LogP contribution is -2.24. The summed E-state index contributed by atoms with van der Waals surface area (Å²) in [5, 5.41) is 0. The van der Waals surface area contributed by atoms with Crippen LogP contribution in [0.25, 0.3) is 0 Å². The van der Waals surface area contributed by atoms with Crippen molar-refractivity contribution in [3.05, 3.63) is 23.5 Å². The molecule has 1 aromatic heterocycles. The molecule has 2 aliphatic rings. The molecule has 2 heterocycles. The molecule has 1 aliphatic carbocycles. The van der Waals surface area contributed by atoms with Crippen molar-refractivity contribution < 1.29 is 17.6 Å². The molecular formula is C12H12F4N2. The molecular weight excluding hydrogens is 248 g/mol. The zero-order chi connectivity index (χ0) is 12.9. The van der Waals surface area contributed by atoms with Crippen LogP contribution in [-0.2, 0) is 0 Å². The molecule has 2 unspecified atom stereocenters. The third-order valence-corrected chi connectivity index (χ3v) is 4.02. The number of anilines is 1. The molecule has 0 bridgehead atoms. The Morgan fingerprint density at radius 3 is 1.89 bits per heavy atom. The fraction of sp³-hybridized carbons (Fsp3) is 0.583. The van der Waals surface area contributed by atoms with E-state index in [1.165, 1.54) is 4.90 Å². The first kappa shape index (κ1) is 11.7. The molecule has 2 fully saturated rings. The fourth-order valence-corrected chi connectivity index (χ4v) is 3.17. The van der Waals surface area contributed by atoms with Crippen LogP contribution in [0.4, 0.5) is 23.2 Å². The van der Waals surface area contributed by atoms with Crippen LogP contribution in [-0.4, -0.2) is 18.1 Å². The number of halogens is 4. The van der Waals surface area contributed by atoms with E-state index in [1.807, 2.05) is 0 Å². The molecule has 0 radical (unpaired) electrons. The average Bonchev–Trinajstić information content (AvgIpc) is 2.87. The minimum absolute atomic E-state index is 0.378. The lowest BCUT2D eigenvalue weighted by molar-refractivity contribution is 0.406. The van der Waals surface area contributed by atoms with Gasteiger partial charge < -0.3 is 4.90 Å². The van der Waals surface area contributed by atoms with Crippen molar-refractivity contribution in [2.45, 2.75) is 19.3 Å². The van der Waals surface area contributed by atoms with Gasteiger partial charge in [-0.3, -0.25) is 0 Å². The summed E-state index contributed by atoms with van der Waals surface area (Å²) in [6, 6.07) is 0. The first-order chi connectivity index (χ1) is 8.58. The lowest BCUT2D eigenvalue weighted by Gasteiger charge is -2.20. The third-order valence-electron chi connectivity index (χ3n) is 4.02. The molecule has 2 nitrogen and oxygen atoms in total. The minimum Gasteiger partial charge on any atom is -0.366 e. The summed E-state index contributed by atoms with van der Waals surface area (Å²) in [5.41, 5.74) is -0.602. The van der Waals surface area contributed by atoms with Crippen LogP contribution in [0, 0.1) is 35.4 Å². The number of rotatable bonds is 1. The summed E-state index contributed by atoms with van der Waals surface area (Å²) in [7, 11) is 0. The second-order valence-electron chi connectivity index (χ2n) is 5.03. The van der Waals surface area contributed by atoms with E-state index in [9.17, 15) is 17.6 Å². The lowest BCUT2D eigenvalue weighted by atomic mass is 10.0. The molecule has 1 aliphatic heterocycles. The summed E-state index contributed by atoms with van der Waals surface area (Å²) in [6.07, 6.45) is 3.15. The van der Waals surface area contributed by atoms with Crippen molar-refractivity contribution >= 4 is 5.69 Å². The van der Waals surface area contributed by atoms with Gasteiger partial charge in [-0.25, -0.2) is 0 Å². The Labute approximate surface area is 102 Å². The number of hydrogen-bond acceptors (Lipinski definition) is 2. The predicted octanol–water partition coefficient (Wildman–Crippen LogP) is 2.87. The summed E-state index contributed by atoms with van der Waals surface area (Å²) in [6.45, 7) is 0.919. The van der Waals surface area contributed by atoms with E-state index in [0.717, 1.165) is 19.3 Å². The molecule has 0 amide bonds. The zero-order valence-electron chi connectivity index (χ0n) is 9.60. The van der Waals surface area contributed by atoms with Crippen molar-refractivity contribution in [1.29, 1.82) is 0 Å². The van der Waals surface area contributed by atoms with Crippen LogP contribution in [0.15, 0.2) is 0 Å². The SMILES string of the molecule is Fc1nc(F)c(F)c(N2CC3CCCC3C2)c1F. The molecule has 0 spiro atoms. The number of fused-ring (bicyclic) bond motifs is 1. The van der Waals surface area contributed by atoms with E-state index in [4.69, 9.17) is 0 Å². The summed E-state index contributed by atoms with van der Waals surface area (Å²) < 4.78 is 53.3. The number of pyridine rings is 1. The van der Waals surface area contributed by atoms with Crippen LogP contribution in [0.1, 0.15) is 19.3 Å². The zero-order valence-corrected chi connectivity index (χ0v) is 9.60. The van der Waals surface area contributed by atoms with E-state index < -0.39 is 29.2 Å². The standard InChI is InChI=1S/C12H12F4N2/c13-8-10(9(14)12(16)17-11(8)15)18-4-6-2-1-3-7(6)5-18/h6-7H,1-5H2. The Bertz CT molecular complexity index is 453. The van der Waals surface area contributed by atoms with Crippen molar-refractivity contribution in [3.8, 4) is 0 Å². The van der Waals surface area contributed by atoms with Crippen LogP contribution in [0.2, 0.25) is 0 Å². The summed E-state index contributed by atoms with van der Waals surface area (Å²) >= 11 is 0. The Morgan fingerprint density at radius 2 is 1.39 bits per heavy atom. The number of hydrogen-bond donors (Lipinski definition) is 0. The normalized spacial score (nSPS) is 26.8. The molecule has 98 valence electrons. The summed E-state index contributed by atoms with van der Waals surface area (Å²) in [5.74, 6) is -5.20. The molecule has 1 saturated carbocycles. The van der Waals surface area contributed by atoms with Gasteiger partial charge in [0.2, 0.25) is 11.6 Å². The Balaban J connectivity index is 1.98. The van der Waals surface area contributed by atoms with Crippen LogP contribution in [0.3, 0.4) is 0 Å². The maximum atomic E-state index is 13.6. The van der Waals surface area contributed by atoms with E-state index in [1.54, 1.807) is 0 Å². The Hall–Kier alpha value is -1.33. The molecule has 0 N–H and O–H groups in total. The molecule has 6 heteroatoms. The van der Waals surface area contributed by atoms with Crippen molar-refractivity contribution in [3.63, 3.8) is 0 Å². The highest BCUT2D eigenvalue weighted by Gasteiger charge is 2.39. The van der Waals surface area contributed by atoms with Crippen molar-refractivity contribution in [2.75, 3.05) is 18.0 Å². The van der Waals surface area contributed by atoms with Crippen LogP contribution < -0.4 is 4.90 Å². The van der Waals surface area contributed by atoms with Gasteiger partial charge in [-0.2, -0.15) is 22.5 Å². The highest BCUT2D eigenvalue weighted by atomic mass is 19.2. The largest absolute Gasteiger partial charge is 0.366 e. The second kappa shape index (κ2) is 4.10. The second-order valence-corrected chi connectivity index (χ2v) is 5.03. The van der Waals surface area contributed by atoms with Crippen LogP contribution in [0.5, 0.6) is 0 Å². The summed E-state index contributed by atoms with van der Waals surface area (Å²) in [4.78, 5) is 3.98. The van der Waals surface area contributed by atoms with Crippen LogP contribution >= 0.6 is 0 Å². The first-order valence-corrected chi connectivity index (χ1v) is 6.03. The van der Waals surface area contributed by atoms with E-state index in [-0.39, 0.29) is 0 Å². The van der Waals surface area contributed by atoms with E-state index in [0.29, 0.717) is 24.9 Å². The Morgan fingerprint density at radius 1 is 0.889 bits per heavy atom. The van der Waals surface area contributed by atoms with E-state index >= 15 is 0 Å². The smallest absolute Gasteiger partial charge is 0.253 e. The van der Waals surface area contributed by atoms with Gasteiger partial charge in [0, 0.05) is 13.1 Å². The molecule has 18 heavy (non-hydrogen) atoms. The topological polar surface area (TPSA) is 16.1 Å². The third kappa shape index (κ3) is 1.66. The van der Waals surface area contributed by atoms with E-state index in [2.05, 4.69) is 4.98 Å². The van der Waals surface area contributed by atoms with Gasteiger partial charge in [0.05, 0.1) is 0 Å². The van der Waals surface area contributed by atoms with Gasteiger partial charge in [0.25, 0.3) is 11.9 Å². The number of nitrogens with zero attached hydrogens (tertiary/aromatic N) is 2. The molecule has 0 aromatic carbocycles. The maximum absolute atomic E-state index is 13.6. The quantitative estimate of drug-likeness (QED) is 0.570. The first-order valence-electron chi connectivity index (χ1n) is 6.03. The average molecular weight is 260 g/mol. The van der Waals surface area contributed by atoms with Crippen molar-refractivity contribution in [2.24, 2.45) is 11.8 Å². The van der Waals surface area contributed by atoms with Gasteiger partial charge in [0.1, 0.15) is 5.69 Å². The van der Waals surface area contributed by atoms with Gasteiger partial charge in [-0.05, 0) is 24.7 Å². The molecule has 3 rings (SSSR count). The minimum atomic E-state index is -1.58. The molecule has 1 saturated heterocycles. The van der Waals surface area contributed by atoms with Gasteiger partial charge in [-0.1, -0.05) is 6.42 Å². The fourth-order valence-electron chi connectivity index (χ4n) is 3.17. The van der Waals surface area contributed by atoms with Gasteiger partial charge in [0.15, 0.2) is 0 Å². The van der Waals surface area contributed by atoms with Gasteiger partial charge in [-0.15, -0.1) is 0 Å². The molecule has 2 atom stereocenters. The highest BCUT2D eigenvalue weighted by Crippen LogP contribution is 2.41. The van der Waals surface area contributed by atoms with Crippen molar-refractivity contribution in [1.82, 2.24) is 4.98 Å². The number of aromatic nitrogens is 1. The highest BCUT2D eigenvalue weighted by molar-refractivity contribution is 5.49. The predicted molar refractivity (Wildman–Crippen MR) is 57.1 cm³/mol. The Kier molecular flexibility index (Phi) is 2.68. The van der Waals surface area contributed by atoms with Gasteiger partial charge >= 0.3 is 0 Å². The maximum Gasteiger partial charge on any atom is 0.253 e. The molecule has 1 aromatic rings.